The molecule has 0 spiro atoms. The van der Waals surface area contributed by atoms with Crippen molar-refractivity contribution < 1.29 is 14.3 Å². The molecule has 4 nitrogen and oxygen atoms in total. The molecule has 5 rings (SSSR count). The first-order valence-electron chi connectivity index (χ1n) is 13.3. The van der Waals surface area contributed by atoms with Crippen LogP contribution in [0.2, 0.25) is 0 Å². The third-order valence-electron chi connectivity index (χ3n) is 8.03. The van der Waals surface area contributed by atoms with Gasteiger partial charge in [0.15, 0.2) is 0 Å². The quantitative estimate of drug-likeness (QED) is 0.369. The summed E-state index contributed by atoms with van der Waals surface area (Å²) >= 11 is 0. The number of esters is 1. The van der Waals surface area contributed by atoms with Gasteiger partial charge in [0.2, 0.25) is 0 Å². The first-order chi connectivity index (χ1) is 17.9. The molecule has 1 aliphatic heterocycles. The summed E-state index contributed by atoms with van der Waals surface area (Å²) in [4.78, 5) is 12.3. The third kappa shape index (κ3) is 5.08. The Labute approximate surface area is 220 Å². The molecule has 0 unspecified atom stereocenters. The largest absolute Gasteiger partial charge is 0.489 e. The van der Waals surface area contributed by atoms with Crippen molar-refractivity contribution in [3.05, 3.63) is 106 Å². The molecule has 37 heavy (non-hydrogen) atoms. The molecule has 1 aliphatic carbocycles. The first kappa shape index (κ1) is 25.3. The van der Waals surface area contributed by atoms with E-state index in [1.807, 2.05) is 19.9 Å². The fraction of sp³-hybridized carbons (Fsp3) is 0.364. The Bertz CT molecular complexity index is 1290. The molecule has 3 aromatic rings. The summed E-state index contributed by atoms with van der Waals surface area (Å²) in [5.41, 5.74) is 6.89. The van der Waals surface area contributed by atoms with Crippen molar-refractivity contribution in [1.82, 2.24) is 5.32 Å². The summed E-state index contributed by atoms with van der Waals surface area (Å²) in [6.07, 6.45) is 7.75. The average Bonchev–Trinajstić information content (AvgIpc) is 2.94. The maximum Gasteiger partial charge on any atom is 0.315 e. The van der Waals surface area contributed by atoms with E-state index in [1.165, 1.54) is 34.9 Å². The van der Waals surface area contributed by atoms with E-state index in [0.29, 0.717) is 0 Å². The van der Waals surface area contributed by atoms with Gasteiger partial charge in [-0.25, -0.2) is 0 Å². The molecule has 0 aromatic heterocycles. The second kappa shape index (κ2) is 10.5. The zero-order valence-corrected chi connectivity index (χ0v) is 22.3. The van der Waals surface area contributed by atoms with Crippen LogP contribution in [0.1, 0.15) is 79.0 Å². The normalized spacial score (nSPS) is 19.4. The van der Waals surface area contributed by atoms with Gasteiger partial charge in [0, 0.05) is 24.1 Å². The van der Waals surface area contributed by atoms with Gasteiger partial charge in [-0.15, -0.1) is 0 Å². The van der Waals surface area contributed by atoms with Crippen LogP contribution in [0.4, 0.5) is 0 Å². The Hall–Kier alpha value is -3.37. The minimum atomic E-state index is -0.685. The van der Waals surface area contributed by atoms with Gasteiger partial charge in [-0.3, -0.25) is 4.79 Å². The molecule has 2 aliphatic rings. The molecule has 0 amide bonds. The Morgan fingerprint density at radius 3 is 2.65 bits per heavy atom. The molecule has 1 N–H and O–H groups in total. The molecule has 0 fully saturated rings. The zero-order valence-electron chi connectivity index (χ0n) is 22.3. The summed E-state index contributed by atoms with van der Waals surface area (Å²) < 4.78 is 11.5. The fourth-order valence-electron chi connectivity index (χ4n) is 5.73. The van der Waals surface area contributed by atoms with Crippen molar-refractivity contribution in [2.24, 2.45) is 0 Å². The molecule has 3 aromatic carbocycles. The Morgan fingerprint density at radius 2 is 1.86 bits per heavy atom. The minimum Gasteiger partial charge on any atom is -0.489 e. The summed E-state index contributed by atoms with van der Waals surface area (Å²) in [6, 6.07) is 23.7. The third-order valence-corrected chi connectivity index (χ3v) is 8.03. The summed E-state index contributed by atoms with van der Waals surface area (Å²) in [5, 5.41) is 3.76. The number of para-hydroxylation sites is 1. The van der Waals surface area contributed by atoms with E-state index in [1.54, 1.807) is 0 Å². The van der Waals surface area contributed by atoms with E-state index < -0.39 is 5.41 Å². The molecule has 0 bridgehead atoms. The van der Waals surface area contributed by atoms with Crippen molar-refractivity contribution in [3.8, 4) is 5.75 Å². The number of ether oxygens (including phenoxy) is 2. The second-order valence-corrected chi connectivity index (χ2v) is 10.8. The number of rotatable bonds is 7. The van der Waals surface area contributed by atoms with E-state index in [9.17, 15) is 4.79 Å². The van der Waals surface area contributed by atoms with Gasteiger partial charge in [-0.1, -0.05) is 72.8 Å². The van der Waals surface area contributed by atoms with E-state index in [2.05, 4.69) is 85.1 Å². The van der Waals surface area contributed by atoms with Crippen LogP contribution in [0.15, 0.2) is 72.8 Å². The lowest BCUT2D eigenvalue weighted by atomic mass is 9.80. The highest BCUT2D eigenvalue weighted by Gasteiger charge is 2.33. The Kier molecular flexibility index (Phi) is 7.21. The number of hydrogen-bond donors (Lipinski definition) is 1. The molecular formula is C33H37NO3. The number of benzene rings is 3. The van der Waals surface area contributed by atoms with Crippen LogP contribution in [0.5, 0.6) is 5.75 Å². The van der Waals surface area contributed by atoms with E-state index in [-0.39, 0.29) is 24.0 Å². The summed E-state index contributed by atoms with van der Waals surface area (Å²) in [5.74, 6) is 0.957. The number of carbonyl (C=O) groups is 1. The van der Waals surface area contributed by atoms with Crippen molar-refractivity contribution in [1.29, 1.82) is 0 Å². The number of hydrogen-bond acceptors (Lipinski definition) is 4. The van der Waals surface area contributed by atoms with Gasteiger partial charge in [-0.05, 0) is 73.9 Å². The van der Waals surface area contributed by atoms with Crippen molar-refractivity contribution in [2.75, 3.05) is 13.7 Å². The molecule has 192 valence electrons. The van der Waals surface area contributed by atoms with E-state index >= 15 is 0 Å². The predicted molar refractivity (Wildman–Crippen MR) is 149 cm³/mol. The number of methoxy groups -OCH3 is 1. The van der Waals surface area contributed by atoms with Crippen LogP contribution in [-0.4, -0.2) is 25.7 Å². The van der Waals surface area contributed by atoms with Crippen LogP contribution >= 0.6 is 0 Å². The first-order valence-corrected chi connectivity index (χ1v) is 13.3. The lowest BCUT2D eigenvalue weighted by Crippen LogP contribution is -2.37. The van der Waals surface area contributed by atoms with Gasteiger partial charge in [0.05, 0.1) is 12.5 Å². The van der Waals surface area contributed by atoms with Crippen molar-refractivity contribution in [2.45, 2.75) is 63.5 Å². The van der Waals surface area contributed by atoms with Crippen LogP contribution in [0.25, 0.3) is 6.08 Å². The van der Waals surface area contributed by atoms with Crippen LogP contribution in [-0.2, 0) is 21.4 Å². The Morgan fingerprint density at radius 1 is 1.08 bits per heavy atom. The summed E-state index contributed by atoms with van der Waals surface area (Å²) in [7, 11) is 1.44. The highest BCUT2D eigenvalue weighted by molar-refractivity contribution is 5.82. The number of allylic oxidation sites excluding steroid dienone is 1. The van der Waals surface area contributed by atoms with E-state index in [0.717, 1.165) is 37.1 Å². The number of nitrogens with one attached hydrogen (secondary N) is 1. The van der Waals surface area contributed by atoms with Crippen LogP contribution in [0.3, 0.4) is 0 Å². The monoisotopic (exact) mass is 495 g/mol. The average molecular weight is 496 g/mol. The molecular weight excluding hydrogens is 458 g/mol. The molecule has 0 radical (unpaired) electrons. The lowest BCUT2D eigenvalue weighted by molar-refractivity contribution is -0.146. The van der Waals surface area contributed by atoms with Gasteiger partial charge >= 0.3 is 5.97 Å². The predicted octanol–water partition coefficient (Wildman–Crippen LogP) is 6.73. The maximum atomic E-state index is 12.3. The van der Waals surface area contributed by atoms with Crippen LogP contribution < -0.4 is 10.1 Å². The van der Waals surface area contributed by atoms with Gasteiger partial charge in [0.25, 0.3) is 0 Å². The number of aryl methyl sites for hydroxylation is 1. The Balaban J connectivity index is 1.34. The van der Waals surface area contributed by atoms with Crippen molar-refractivity contribution >= 4 is 12.0 Å². The second-order valence-electron chi connectivity index (χ2n) is 10.8. The fourth-order valence-corrected chi connectivity index (χ4v) is 5.73. The maximum absolute atomic E-state index is 12.3. The lowest BCUT2D eigenvalue weighted by Gasteiger charge is -2.34. The minimum absolute atomic E-state index is 0.0589. The summed E-state index contributed by atoms with van der Waals surface area (Å²) in [6.45, 7) is 6.82. The highest BCUT2D eigenvalue weighted by Crippen LogP contribution is 2.41. The van der Waals surface area contributed by atoms with Gasteiger partial charge in [-0.2, -0.15) is 0 Å². The topological polar surface area (TPSA) is 47.6 Å². The molecule has 4 heteroatoms. The zero-order chi connectivity index (χ0) is 26.0. The smallest absolute Gasteiger partial charge is 0.315 e. The highest BCUT2D eigenvalue weighted by atomic mass is 16.5. The molecule has 1 heterocycles. The molecule has 3 atom stereocenters. The van der Waals surface area contributed by atoms with Gasteiger partial charge in [0.1, 0.15) is 11.9 Å². The number of fused-ring (bicyclic) bond motifs is 2. The van der Waals surface area contributed by atoms with Gasteiger partial charge < -0.3 is 14.8 Å². The van der Waals surface area contributed by atoms with Crippen LogP contribution in [0, 0.1) is 0 Å². The molecule has 0 saturated heterocycles. The standard InChI is InChI=1S/C33H37NO3/c1-22(27-14-9-11-23-10-5-6-12-28(23)27)34-21-26-20-30(29-13-7-8-15-31(29)37-26)24-16-18-25(19-17-24)33(2,3)32(35)36-4/h6-9,11-19,22,26,30,34H,5,10,20-21H2,1-4H3/t22-,26-,30+/m1/s1. The van der Waals surface area contributed by atoms with E-state index in [4.69, 9.17) is 9.47 Å². The SMILES string of the molecule is COC(=O)C(C)(C)c1ccc([C@@H]2C[C@H](CN[C@H](C)c3cccc4c3C=CCC4)Oc3ccccc32)cc1. The molecule has 0 saturated carbocycles. The van der Waals surface area contributed by atoms with Crippen molar-refractivity contribution in [3.63, 3.8) is 0 Å². The number of carbonyl (C=O) groups excluding carboxylic acids is 1.